The molecular weight excluding hydrogens is 609 g/mol. The number of aromatic nitrogens is 3. The summed E-state index contributed by atoms with van der Waals surface area (Å²) in [7, 11) is 7.97. The molecule has 2 aliphatic rings. The average Bonchev–Trinajstić information content (AvgIpc) is 3.45. The monoisotopic (exact) mass is 657 g/mol. The number of hydrogen-bond acceptors (Lipinski definition) is 8. The SMILES string of the molecule is COc1ccccc1-c1nc(C)cc(C(=O)Nc2nc3ccc(N4CCC(N(C)CCN(C)C)CC4)cc3n2C2CCC(O)CC2)c1F. The normalized spacial score (nSPS) is 19.0. The molecule has 0 bridgehead atoms. The van der Waals surface area contributed by atoms with Crippen LogP contribution in [0, 0.1) is 12.7 Å². The van der Waals surface area contributed by atoms with Gasteiger partial charge in [-0.15, -0.1) is 0 Å². The third kappa shape index (κ3) is 7.18. The largest absolute Gasteiger partial charge is 0.496 e. The number of aryl methyl sites for hydroxylation is 1. The Morgan fingerprint density at radius 3 is 2.44 bits per heavy atom. The number of anilines is 2. The number of aliphatic hydroxyl groups is 1. The molecule has 1 saturated heterocycles. The number of nitrogens with zero attached hydrogens (tertiary/aromatic N) is 6. The summed E-state index contributed by atoms with van der Waals surface area (Å²) in [4.78, 5) is 30.3. The van der Waals surface area contributed by atoms with Crippen LogP contribution in [0.5, 0.6) is 5.75 Å². The van der Waals surface area contributed by atoms with Crippen molar-refractivity contribution in [2.24, 2.45) is 0 Å². The number of methoxy groups -OCH3 is 1. The molecule has 1 aliphatic heterocycles. The predicted molar refractivity (Wildman–Crippen MR) is 189 cm³/mol. The van der Waals surface area contributed by atoms with E-state index in [1.165, 1.54) is 13.2 Å². The van der Waals surface area contributed by atoms with E-state index < -0.39 is 11.7 Å². The van der Waals surface area contributed by atoms with E-state index in [9.17, 15) is 9.90 Å². The van der Waals surface area contributed by atoms with Gasteiger partial charge < -0.3 is 29.1 Å². The number of likely N-dealkylation sites (N-methyl/N-ethyl adjacent to an activating group) is 2. The summed E-state index contributed by atoms with van der Waals surface area (Å²) in [6, 6.07) is 15.4. The summed E-state index contributed by atoms with van der Waals surface area (Å²) in [5, 5.41) is 13.3. The minimum atomic E-state index is -0.718. The molecule has 2 aromatic heterocycles. The van der Waals surface area contributed by atoms with Gasteiger partial charge in [-0.3, -0.25) is 10.1 Å². The van der Waals surface area contributed by atoms with Crippen LogP contribution in [-0.4, -0.2) is 102 Å². The third-order valence-electron chi connectivity index (χ3n) is 9.98. The van der Waals surface area contributed by atoms with Gasteiger partial charge in [0.1, 0.15) is 11.4 Å². The Morgan fingerprint density at radius 1 is 1.00 bits per heavy atom. The molecule has 11 heteroatoms. The van der Waals surface area contributed by atoms with Crippen molar-refractivity contribution in [1.29, 1.82) is 0 Å². The van der Waals surface area contributed by atoms with Crippen molar-refractivity contribution >= 4 is 28.6 Å². The van der Waals surface area contributed by atoms with Gasteiger partial charge in [0.05, 0.1) is 29.8 Å². The number of aliphatic hydroxyl groups excluding tert-OH is 1. The fraction of sp³-hybridized carbons (Fsp3) is 0.486. The molecule has 0 atom stereocenters. The van der Waals surface area contributed by atoms with E-state index in [-0.39, 0.29) is 23.4 Å². The van der Waals surface area contributed by atoms with Gasteiger partial charge in [0.2, 0.25) is 5.95 Å². The fourth-order valence-electron chi connectivity index (χ4n) is 7.17. The van der Waals surface area contributed by atoms with Crippen molar-refractivity contribution in [3.63, 3.8) is 0 Å². The van der Waals surface area contributed by atoms with Crippen LogP contribution in [0.15, 0.2) is 48.5 Å². The number of pyridine rings is 1. The standard InChI is InChI=1S/C37H48FN7O3/c1-24-22-30(34(38)35(39-24)29-8-6-7-9-33(29)48-5)36(47)41-37-40-31-15-12-27(23-32(31)45(37)26-10-13-28(46)14-11-26)44-18-16-25(17-19-44)43(4)21-20-42(2)3/h6-9,12,15,22-23,25-26,28,46H,10-11,13-14,16-21H2,1-5H3,(H,40,41,47). The number of fused-ring (bicyclic) bond motifs is 1. The predicted octanol–water partition coefficient (Wildman–Crippen LogP) is 5.74. The minimum absolute atomic E-state index is 0.0354. The van der Waals surface area contributed by atoms with E-state index >= 15 is 4.39 Å². The molecule has 0 spiro atoms. The van der Waals surface area contributed by atoms with Crippen LogP contribution in [0.4, 0.5) is 16.0 Å². The maximum atomic E-state index is 16.1. The average molecular weight is 658 g/mol. The highest BCUT2D eigenvalue weighted by molar-refractivity contribution is 6.05. The molecule has 4 aromatic rings. The minimum Gasteiger partial charge on any atom is -0.496 e. The number of halogens is 1. The number of amides is 1. The zero-order valence-electron chi connectivity index (χ0n) is 28.7. The van der Waals surface area contributed by atoms with E-state index in [0.717, 1.165) is 68.6 Å². The number of rotatable bonds is 10. The topological polar surface area (TPSA) is 99.0 Å². The number of imidazole rings is 1. The van der Waals surface area contributed by atoms with Gasteiger partial charge >= 0.3 is 0 Å². The van der Waals surface area contributed by atoms with Gasteiger partial charge in [-0.2, -0.15) is 0 Å². The fourth-order valence-corrected chi connectivity index (χ4v) is 7.17. The van der Waals surface area contributed by atoms with Gasteiger partial charge in [0.15, 0.2) is 5.82 Å². The number of piperidine rings is 1. The summed E-state index contributed by atoms with van der Waals surface area (Å²) in [5.41, 5.74) is 3.75. The van der Waals surface area contributed by atoms with Crippen molar-refractivity contribution in [2.75, 3.05) is 64.6 Å². The lowest BCUT2D eigenvalue weighted by Crippen LogP contribution is -2.45. The zero-order valence-corrected chi connectivity index (χ0v) is 28.7. The highest BCUT2D eigenvalue weighted by atomic mass is 19.1. The number of carbonyl (C=O) groups is 1. The highest BCUT2D eigenvalue weighted by Gasteiger charge is 2.29. The van der Waals surface area contributed by atoms with Crippen LogP contribution in [-0.2, 0) is 0 Å². The molecule has 10 nitrogen and oxygen atoms in total. The molecular formula is C37H48FN7O3. The van der Waals surface area contributed by atoms with Crippen LogP contribution in [0.1, 0.15) is 60.6 Å². The maximum absolute atomic E-state index is 16.1. The third-order valence-corrected chi connectivity index (χ3v) is 9.98. The van der Waals surface area contributed by atoms with Gasteiger partial charge in [-0.25, -0.2) is 14.4 Å². The maximum Gasteiger partial charge on any atom is 0.261 e. The van der Waals surface area contributed by atoms with E-state index in [0.29, 0.717) is 41.8 Å². The lowest BCUT2D eigenvalue weighted by atomic mass is 9.93. The molecule has 0 unspecified atom stereocenters. The lowest BCUT2D eigenvalue weighted by Gasteiger charge is -2.38. The molecule has 0 radical (unpaired) electrons. The number of para-hydroxylation sites is 1. The van der Waals surface area contributed by atoms with Gasteiger partial charge in [-0.05, 0) is 103 Å². The first-order chi connectivity index (χ1) is 23.1. The van der Waals surface area contributed by atoms with E-state index in [2.05, 4.69) is 62.8 Å². The summed E-state index contributed by atoms with van der Waals surface area (Å²) in [6.07, 6.45) is 4.72. The first-order valence-corrected chi connectivity index (χ1v) is 17.0. The Morgan fingerprint density at radius 2 is 1.73 bits per heavy atom. The second-order valence-corrected chi connectivity index (χ2v) is 13.6. The molecule has 48 heavy (non-hydrogen) atoms. The lowest BCUT2D eigenvalue weighted by molar-refractivity contribution is 0.101. The van der Waals surface area contributed by atoms with Gasteiger partial charge in [0.25, 0.3) is 5.91 Å². The zero-order chi connectivity index (χ0) is 33.9. The number of ether oxygens (including phenoxy) is 1. The van der Waals surface area contributed by atoms with E-state index in [1.54, 1.807) is 31.2 Å². The Bertz CT molecular complexity index is 1740. The quantitative estimate of drug-likeness (QED) is 0.223. The van der Waals surface area contributed by atoms with Crippen LogP contribution in [0.25, 0.3) is 22.3 Å². The second-order valence-electron chi connectivity index (χ2n) is 13.6. The Kier molecular flexibility index (Phi) is 10.3. The molecule has 1 amide bonds. The van der Waals surface area contributed by atoms with Crippen molar-refractivity contribution in [3.05, 3.63) is 65.6 Å². The summed E-state index contributed by atoms with van der Waals surface area (Å²) < 4.78 is 23.6. The molecule has 3 heterocycles. The number of benzene rings is 2. The number of nitrogens with one attached hydrogen (secondary N) is 1. The Balaban J connectivity index is 1.30. The summed E-state index contributed by atoms with van der Waals surface area (Å²) in [5.74, 6) is -0.465. The van der Waals surface area contributed by atoms with Crippen molar-refractivity contribution in [1.82, 2.24) is 24.3 Å². The molecule has 1 aliphatic carbocycles. The van der Waals surface area contributed by atoms with Crippen LogP contribution in [0.2, 0.25) is 0 Å². The van der Waals surface area contributed by atoms with Crippen molar-refractivity contribution in [3.8, 4) is 17.0 Å². The molecule has 1 saturated carbocycles. The number of carbonyl (C=O) groups excluding carboxylic acids is 1. The van der Waals surface area contributed by atoms with E-state index in [1.807, 2.05) is 6.07 Å². The molecule has 6 rings (SSSR count). The molecule has 256 valence electrons. The first-order valence-electron chi connectivity index (χ1n) is 17.0. The molecule has 2 N–H and O–H groups in total. The van der Waals surface area contributed by atoms with Gasteiger partial charge in [-0.1, -0.05) is 12.1 Å². The van der Waals surface area contributed by atoms with Gasteiger partial charge in [0, 0.05) is 55.2 Å². The van der Waals surface area contributed by atoms with Crippen molar-refractivity contribution in [2.45, 2.75) is 63.6 Å². The highest BCUT2D eigenvalue weighted by Crippen LogP contribution is 2.37. The molecule has 2 fully saturated rings. The van der Waals surface area contributed by atoms with Crippen LogP contribution >= 0.6 is 0 Å². The Hall–Kier alpha value is -4.06. The smallest absolute Gasteiger partial charge is 0.261 e. The van der Waals surface area contributed by atoms with Crippen LogP contribution in [0.3, 0.4) is 0 Å². The summed E-state index contributed by atoms with van der Waals surface area (Å²) in [6.45, 7) is 5.77. The number of hydrogen-bond donors (Lipinski definition) is 2. The summed E-state index contributed by atoms with van der Waals surface area (Å²) >= 11 is 0. The first kappa shape index (κ1) is 33.8. The van der Waals surface area contributed by atoms with Crippen LogP contribution < -0.4 is 15.0 Å². The van der Waals surface area contributed by atoms with Crippen molar-refractivity contribution < 1.29 is 19.0 Å². The second kappa shape index (κ2) is 14.6. The Labute approximate surface area is 282 Å². The molecule has 2 aromatic carbocycles. The van der Waals surface area contributed by atoms with E-state index in [4.69, 9.17) is 9.72 Å².